The number of benzene rings is 4. The summed E-state index contributed by atoms with van der Waals surface area (Å²) in [6.07, 6.45) is 10.7. The summed E-state index contributed by atoms with van der Waals surface area (Å²) in [6.45, 7) is 16.5. The number of allylic oxidation sites excluding steroid dienone is 1. The molecule has 0 N–H and O–H groups in total. The molecule has 0 radical (unpaired) electrons. The first kappa shape index (κ1) is 25.0. The lowest BCUT2D eigenvalue weighted by molar-refractivity contribution is 1.45. The van der Waals surface area contributed by atoms with E-state index < -0.39 is 0 Å². The quantitative estimate of drug-likeness (QED) is 0.295. The summed E-state index contributed by atoms with van der Waals surface area (Å²) in [5.74, 6) is 0. The Balaban J connectivity index is 0.00000158. The molecule has 0 aliphatic rings. The largest absolute Gasteiger partial charge is 0.0984 e. The highest BCUT2D eigenvalue weighted by Gasteiger charge is 2.14. The van der Waals surface area contributed by atoms with Gasteiger partial charge in [-0.3, -0.25) is 0 Å². The Kier molecular flexibility index (Phi) is 8.44. The van der Waals surface area contributed by atoms with Crippen molar-refractivity contribution >= 4 is 35.1 Å². The van der Waals surface area contributed by atoms with E-state index in [-0.39, 0.29) is 0 Å². The van der Waals surface area contributed by atoms with Crippen LogP contribution in [0.3, 0.4) is 0 Å². The van der Waals surface area contributed by atoms with Crippen molar-refractivity contribution in [3.8, 4) is 22.3 Å². The fourth-order valence-corrected chi connectivity index (χ4v) is 4.66. The van der Waals surface area contributed by atoms with Gasteiger partial charge >= 0.3 is 0 Å². The van der Waals surface area contributed by atoms with Crippen LogP contribution in [0.1, 0.15) is 51.3 Å². The topological polar surface area (TPSA) is 0 Å². The fraction of sp³-hybridized carbons (Fsp3) is 0.176. The van der Waals surface area contributed by atoms with Gasteiger partial charge in [-0.25, -0.2) is 0 Å². The van der Waals surface area contributed by atoms with E-state index in [1.54, 1.807) is 0 Å². The molecule has 0 atom stereocenters. The average Bonchev–Trinajstić information content (AvgIpc) is 2.89. The molecular weight excluding hydrogens is 408 g/mol. The summed E-state index contributed by atoms with van der Waals surface area (Å²) in [4.78, 5) is 0. The van der Waals surface area contributed by atoms with Gasteiger partial charge in [0, 0.05) is 0 Å². The summed E-state index contributed by atoms with van der Waals surface area (Å²) in [5, 5.41) is 5.12. The lowest BCUT2D eigenvalue weighted by atomic mass is 9.87. The van der Waals surface area contributed by atoms with Crippen molar-refractivity contribution in [3.63, 3.8) is 0 Å². The van der Waals surface area contributed by atoms with Crippen LogP contribution in [0.15, 0.2) is 79.4 Å². The van der Waals surface area contributed by atoms with E-state index in [9.17, 15) is 0 Å². The summed E-state index contributed by atoms with van der Waals surface area (Å²) in [6, 6.07) is 24.4. The van der Waals surface area contributed by atoms with Gasteiger partial charge in [0.15, 0.2) is 0 Å². The molecule has 0 spiro atoms. The molecule has 0 nitrogen and oxygen atoms in total. The van der Waals surface area contributed by atoms with Crippen LogP contribution in [0.4, 0.5) is 0 Å². The van der Waals surface area contributed by atoms with Gasteiger partial charge in [-0.15, -0.1) is 0 Å². The Morgan fingerprint density at radius 2 is 1.18 bits per heavy atom. The molecule has 172 valence electrons. The first-order chi connectivity index (χ1) is 16.6. The maximum absolute atomic E-state index is 3.99. The van der Waals surface area contributed by atoms with Crippen LogP contribution in [0.25, 0.3) is 57.3 Å². The summed E-state index contributed by atoms with van der Waals surface area (Å²) in [5.41, 5.74) is 8.69. The molecule has 4 rings (SSSR count). The van der Waals surface area contributed by atoms with Gasteiger partial charge in [0.1, 0.15) is 0 Å². The molecular formula is C34H36. The van der Waals surface area contributed by atoms with Crippen molar-refractivity contribution < 1.29 is 0 Å². The summed E-state index contributed by atoms with van der Waals surface area (Å²) in [7, 11) is 0. The first-order valence-electron chi connectivity index (χ1n) is 12.3. The minimum absolute atomic E-state index is 1.15. The third-order valence-electron chi connectivity index (χ3n) is 6.15. The number of fused-ring (bicyclic) bond motifs is 1. The van der Waals surface area contributed by atoms with Gasteiger partial charge in [0.2, 0.25) is 0 Å². The second-order valence-corrected chi connectivity index (χ2v) is 8.11. The van der Waals surface area contributed by atoms with E-state index >= 15 is 0 Å². The van der Waals surface area contributed by atoms with Crippen LogP contribution < -0.4 is 10.4 Å². The van der Waals surface area contributed by atoms with Gasteiger partial charge in [-0.05, 0) is 88.4 Å². The number of rotatable bonds is 4. The maximum atomic E-state index is 3.99. The van der Waals surface area contributed by atoms with Crippen molar-refractivity contribution in [2.45, 2.75) is 41.5 Å². The molecule has 0 bridgehead atoms. The molecule has 0 unspecified atom stereocenters. The molecule has 0 saturated carbocycles. The zero-order chi connectivity index (χ0) is 24.7. The Hall–Kier alpha value is -3.64. The van der Waals surface area contributed by atoms with Gasteiger partial charge < -0.3 is 0 Å². The van der Waals surface area contributed by atoms with E-state index in [0.717, 1.165) is 5.56 Å². The second-order valence-electron chi connectivity index (χ2n) is 8.11. The predicted molar refractivity (Wildman–Crippen MR) is 155 cm³/mol. The van der Waals surface area contributed by atoms with Gasteiger partial charge in [0.05, 0.1) is 0 Å². The number of aryl methyl sites for hydroxylation is 1. The van der Waals surface area contributed by atoms with E-state index in [0.29, 0.717) is 0 Å². The van der Waals surface area contributed by atoms with Crippen molar-refractivity contribution in [2.24, 2.45) is 0 Å². The highest BCUT2D eigenvalue weighted by Crippen LogP contribution is 2.32. The van der Waals surface area contributed by atoms with E-state index in [2.05, 4.69) is 125 Å². The molecule has 0 saturated heterocycles. The van der Waals surface area contributed by atoms with Crippen LogP contribution in [0, 0.1) is 6.92 Å². The Labute approximate surface area is 205 Å². The average molecular weight is 445 g/mol. The minimum Gasteiger partial charge on any atom is -0.0984 e. The van der Waals surface area contributed by atoms with Gasteiger partial charge in [-0.2, -0.15) is 0 Å². The summed E-state index contributed by atoms with van der Waals surface area (Å²) >= 11 is 0. The molecule has 0 heterocycles. The van der Waals surface area contributed by atoms with Crippen molar-refractivity contribution in [2.75, 3.05) is 0 Å². The molecule has 4 aromatic rings. The summed E-state index contributed by atoms with van der Waals surface area (Å²) < 4.78 is 0. The highest BCUT2D eigenvalue weighted by molar-refractivity contribution is 6.05. The van der Waals surface area contributed by atoms with Gasteiger partial charge in [0.25, 0.3) is 0 Å². The molecule has 4 aromatic carbocycles. The Morgan fingerprint density at radius 3 is 1.68 bits per heavy atom. The minimum atomic E-state index is 1.15. The van der Waals surface area contributed by atoms with Crippen LogP contribution in [-0.2, 0) is 0 Å². The SMILES string of the molecule is C=Cc1ccc(-c2c(=C/C)/c(=C\C)c(-c3ccc(C)cc3)c3ccccc23)cc1/C=C\C.CC. The maximum Gasteiger partial charge on any atom is -0.00296 e. The fourth-order valence-electron chi connectivity index (χ4n) is 4.66. The molecule has 0 heteroatoms. The number of hydrogen-bond donors (Lipinski definition) is 0. The standard InChI is InChI=1S/C32H30.C2H6/c1-6-12-25-21-26(20-19-23(25)7-2)32-28(9-4)27(8-3)31(24-17-15-22(5)16-18-24)29-13-10-11-14-30(29)32;1-2/h6-21H,2H2,1,3-5H3;1-2H3/b12-6-,27-8+,28-9+;. The first-order valence-corrected chi connectivity index (χ1v) is 12.3. The van der Waals surface area contributed by atoms with Crippen LogP contribution in [-0.4, -0.2) is 0 Å². The zero-order valence-corrected chi connectivity index (χ0v) is 21.4. The van der Waals surface area contributed by atoms with Gasteiger partial charge in [-0.1, -0.05) is 117 Å². The molecule has 0 aromatic heterocycles. The smallest absolute Gasteiger partial charge is 0.00296 e. The lowest BCUT2D eigenvalue weighted by Crippen LogP contribution is -2.29. The second kappa shape index (κ2) is 11.5. The lowest BCUT2D eigenvalue weighted by Gasteiger charge is -2.16. The van der Waals surface area contributed by atoms with Crippen molar-refractivity contribution in [1.82, 2.24) is 0 Å². The molecule has 0 fully saturated rings. The molecule has 34 heavy (non-hydrogen) atoms. The zero-order valence-electron chi connectivity index (χ0n) is 21.4. The molecule has 0 aliphatic heterocycles. The van der Waals surface area contributed by atoms with Crippen molar-refractivity contribution in [3.05, 3.63) is 107 Å². The predicted octanol–water partition coefficient (Wildman–Crippen LogP) is 8.79. The highest BCUT2D eigenvalue weighted by atomic mass is 14.2. The van der Waals surface area contributed by atoms with E-state index in [4.69, 9.17) is 0 Å². The molecule has 0 aliphatic carbocycles. The normalized spacial score (nSPS) is 12.2. The van der Waals surface area contributed by atoms with Crippen molar-refractivity contribution in [1.29, 1.82) is 0 Å². The van der Waals surface area contributed by atoms with Crippen LogP contribution in [0.5, 0.6) is 0 Å². The third kappa shape index (κ3) is 4.68. The number of hydrogen-bond acceptors (Lipinski definition) is 0. The van der Waals surface area contributed by atoms with E-state index in [1.807, 2.05) is 19.9 Å². The molecule has 0 amide bonds. The van der Waals surface area contributed by atoms with Crippen LogP contribution >= 0.6 is 0 Å². The van der Waals surface area contributed by atoms with E-state index in [1.165, 1.54) is 54.6 Å². The monoisotopic (exact) mass is 444 g/mol. The third-order valence-corrected chi connectivity index (χ3v) is 6.15. The van der Waals surface area contributed by atoms with Crippen LogP contribution in [0.2, 0.25) is 0 Å². The Morgan fingerprint density at radius 1 is 0.647 bits per heavy atom. The Bertz CT molecular complexity index is 1450.